The minimum Gasteiger partial charge on any atom is -0.465 e. The van der Waals surface area contributed by atoms with Gasteiger partial charge in [0.05, 0.1) is 12.7 Å². The molecule has 1 amide bonds. The summed E-state index contributed by atoms with van der Waals surface area (Å²) in [5.41, 5.74) is 2.43. The summed E-state index contributed by atoms with van der Waals surface area (Å²) in [5.74, 6) is -0.846. The van der Waals surface area contributed by atoms with Crippen molar-refractivity contribution in [2.75, 3.05) is 12.4 Å². The number of hydrogen-bond donors (Lipinski definition) is 1. The Hall–Kier alpha value is -2.21. The molecule has 1 aliphatic rings. The van der Waals surface area contributed by atoms with Crippen LogP contribution in [0.1, 0.15) is 45.6 Å². The van der Waals surface area contributed by atoms with Crippen LogP contribution in [-0.4, -0.2) is 19.0 Å². The second kappa shape index (κ2) is 7.78. The highest BCUT2D eigenvalue weighted by Gasteiger charge is 2.26. The predicted molar refractivity (Wildman–Crippen MR) is 95.7 cm³/mol. The van der Waals surface area contributed by atoms with Crippen molar-refractivity contribution >= 4 is 28.2 Å². The van der Waals surface area contributed by atoms with Gasteiger partial charge in [0, 0.05) is 11.3 Å². The normalized spacial score (nSPS) is 13.2. The van der Waals surface area contributed by atoms with Gasteiger partial charge in [0.25, 0.3) is 0 Å². The van der Waals surface area contributed by atoms with Gasteiger partial charge in [0.15, 0.2) is 0 Å². The Balaban J connectivity index is 1.71. The molecule has 0 saturated heterocycles. The number of halogens is 1. The van der Waals surface area contributed by atoms with Crippen molar-refractivity contribution in [2.24, 2.45) is 0 Å². The SMILES string of the molecule is COC(=O)c1c(NC(=O)CCc2ccc(F)cc2)sc2c1CCCC2. The fourth-order valence-electron chi connectivity index (χ4n) is 3.07. The van der Waals surface area contributed by atoms with Crippen molar-refractivity contribution in [1.29, 1.82) is 0 Å². The lowest BCUT2D eigenvalue weighted by molar-refractivity contribution is -0.116. The number of benzene rings is 1. The van der Waals surface area contributed by atoms with Gasteiger partial charge in [-0.2, -0.15) is 0 Å². The summed E-state index contributed by atoms with van der Waals surface area (Å²) in [6, 6.07) is 6.12. The number of ether oxygens (including phenoxy) is 1. The summed E-state index contributed by atoms with van der Waals surface area (Å²) < 4.78 is 17.8. The maximum absolute atomic E-state index is 12.9. The van der Waals surface area contributed by atoms with E-state index in [1.807, 2.05) is 0 Å². The number of carbonyl (C=O) groups is 2. The van der Waals surface area contributed by atoms with E-state index in [0.717, 1.165) is 36.8 Å². The van der Waals surface area contributed by atoms with Crippen molar-refractivity contribution < 1.29 is 18.7 Å². The van der Waals surface area contributed by atoms with E-state index in [1.165, 1.54) is 35.5 Å². The molecule has 0 radical (unpaired) electrons. The summed E-state index contributed by atoms with van der Waals surface area (Å²) in [6.07, 6.45) is 4.73. The van der Waals surface area contributed by atoms with Gasteiger partial charge < -0.3 is 10.1 Å². The van der Waals surface area contributed by atoms with Gasteiger partial charge >= 0.3 is 5.97 Å². The summed E-state index contributed by atoms with van der Waals surface area (Å²) in [7, 11) is 1.36. The number of amides is 1. The highest BCUT2D eigenvalue weighted by molar-refractivity contribution is 7.17. The molecule has 0 spiro atoms. The molecule has 0 saturated carbocycles. The standard InChI is InChI=1S/C19H20FNO3S/c1-24-19(23)17-14-4-2-3-5-15(14)25-18(17)21-16(22)11-8-12-6-9-13(20)10-7-12/h6-7,9-10H,2-5,8,11H2,1H3,(H,21,22). The van der Waals surface area contributed by atoms with Gasteiger partial charge in [0.1, 0.15) is 10.8 Å². The molecule has 0 fully saturated rings. The van der Waals surface area contributed by atoms with E-state index in [1.54, 1.807) is 12.1 Å². The zero-order chi connectivity index (χ0) is 17.8. The highest BCUT2D eigenvalue weighted by Crippen LogP contribution is 2.38. The lowest BCUT2D eigenvalue weighted by Crippen LogP contribution is -2.15. The van der Waals surface area contributed by atoms with Gasteiger partial charge in [-0.1, -0.05) is 12.1 Å². The number of fused-ring (bicyclic) bond motifs is 1. The Kier molecular flexibility index (Phi) is 5.48. The highest BCUT2D eigenvalue weighted by atomic mass is 32.1. The molecule has 1 aliphatic carbocycles. The van der Waals surface area contributed by atoms with Crippen LogP contribution in [0.2, 0.25) is 0 Å². The van der Waals surface area contributed by atoms with Gasteiger partial charge in [-0.25, -0.2) is 9.18 Å². The average molecular weight is 361 g/mol. The Morgan fingerprint density at radius 2 is 1.92 bits per heavy atom. The largest absolute Gasteiger partial charge is 0.465 e. The third kappa shape index (κ3) is 4.07. The van der Waals surface area contributed by atoms with Crippen LogP contribution >= 0.6 is 11.3 Å². The number of aryl methyl sites for hydroxylation is 2. The third-order valence-corrected chi connectivity index (χ3v) is 5.58. The first kappa shape index (κ1) is 17.6. The fourth-order valence-corrected chi connectivity index (χ4v) is 4.36. The number of thiophene rings is 1. The molecule has 2 aromatic rings. The van der Waals surface area contributed by atoms with Gasteiger partial charge in [-0.15, -0.1) is 11.3 Å². The van der Waals surface area contributed by atoms with E-state index in [2.05, 4.69) is 5.32 Å². The lowest BCUT2D eigenvalue weighted by Gasteiger charge is -2.11. The second-order valence-electron chi connectivity index (χ2n) is 6.08. The third-order valence-electron chi connectivity index (χ3n) is 4.37. The van der Waals surface area contributed by atoms with Gasteiger partial charge in [0.2, 0.25) is 5.91 Å². The number of hydrogen-bond acceptors (Lipinski definition) is 4. The minimum atomic E-state index is -0.395. The van der Waals surface area contributed by atoms with Crippen molar-refractivity contribution in [3.8, 4) is 0 Å². The van der Waals surface area contributed by atoms with E-state index in [4.69, 9.17) is 4.74 Å². The molecule has 1 heterocycles. The zero-order valence-electron chi connectivity index (χ0n) is 14.1. The Bertz CT molecular complexity index is 783. The molecule has 0 unspecified atom stereocenters. The van der Waals surface area contributed by atoms with Crippen LogP contribution in [0, 0.1) is 5.82 Å². The smallest absolute Gasteiger partial charge is 0.341 e. The van der Waals surface area contributed by atoms with Crippen LogP contribution in [0.4, 0.5) is 9.39 Å². The number of methoxy groups -OCH3 is 1. The van der Waals surface area contributed by atoms with E-state index < -0.39 is 5.97 Å². The van der Waals surface area contributed by atoms with Crippen LogP contribution in [0.25, 0.3) is 0 Å². The van der Waals surface area contributed by atoms with Crippen LogP contribution in [0.3, 0.4) is 0 Å². The summed E-state index contributed by atoms with van der Waals surface area (Å²) in [6.45, 7) is 0. The minimum absolute atomic E-state index is 0.159. The Morgan fingerprint density at radius 1 is 1.20 bits per heavy atom. The number of esters is 1. The Morgan fingerprint density at radius 3 is 2.64 bits per heavy atom. The molecule has 4 nitrogen and oxygen atoms in total. The maximum atomic E-state index is 12.9. The first-order valence-corrected chi connectivity index (χ1v) is 9.17. The number of carbonyl (C=O) groups excluding carboxylic acids is 2. The predicted octanol–water partition coefficient (Wildman–Crippen LogP) is 4.12. The quantitative estimate of drug-likeness (QED) is 0.815. The van der Waals surface area contributed by atoms with E-state index in [9.17, 15) is 14.0 Å². The average Bonchev–Trinajstić information content (AvgIpc) is 2.98. The summed E-state index contributed by atoms with van der Waals surface area (Å²) in [4.78, 5) is 25.6. The van der Waals surface area contributed by atoms with E-state index in [-0.39, 0.29) is 18.1 Å². The zero-order valence-corrected chi connectivity index (χ0v) is 14.9. The van der Waals surface area contributed by atoms with E-state index in [0.29, 0.717) is 17.0 Å². The Labute approximate surface area is 150 Å². The second-order valence-corrected chi connectivity index (χ2v) is 7.19. The fraction of sp³-hybridized carbons (Fsp3) is 0.368. The van der Waals surface area contributed by atoms with Crippen molar-refractivity contribution in [2.45, 2.75) is 38.5 Å². The molecule has 0 atom stereocenters. The molecule has 6 heteroatoms. The van der Waals surface area contributed by atoms with Crippen LogP contribution in [0.15, 0.2) is 24.3 Å². The molecule has 1 N–H and O–H groups in total. The first-order valence-electron chi connectivity index (χ1n) is 8.35. The molecule has 132 valence electrons. The number of nitrogens with one attached hydrogen (secondary N) is 1. The molecule has 0 aliphatic heterocycles. The molecule has 1 aromatic heterocycles. The van der Waals surface area contributed by atoms with E-state index >= 15 is 0 Å². The summed E-state index contributed by atoms with van der Waals surface area (Å²) >= 11 is 1.48. The van der Waals surface area contributed by atoms with Gasteiger partial charge in [-0.3, -0.25) is 4.79 Å². The van der Waals surface area contributed by atoms with Crippen LogP contribution in [-0.2, 0) is 28.8 Å². The van der Waals surface area contributed by atoms with Crippen molar-refractivity contribution in [1.82, 2.24) is 0 Å². The molecule has 25 heavy (non-hydrogen) atoms. The molecule has 0 bridgehead atoms. The van der Waals surface area contributed by atoms with Crippen molar-refractivity contribution in [3.63, 3.8) is 0 Å². The summed E-state index contributed by atoms with van der Waals surface area (Å²) in [5, 5.41) is 3.46. The van der Waals surface area contributed by atoms with Crippen LogP contribution in [0.5, 0.6) is 0 Å². The molecule has 3 rings (SSSR count). The molecular formula is C19H20FNO3S. The molecule has 1 aromatic carbocycles. The van der Waals surface area contributed by atoms with Crippen molar-refractivity contribution in [3.05, 3.63) is 51.7 Å². The monoisotopic (exact) mass is 361 g/mol. The molecular weight excluding hydrogens is 341 g/mol. The van der Waals surface area contributed by atoms with Gasteiger partial charge in [-0.05, 0) is 55.4 Å². The lowest BCUT2D eigenvalue weighted by atomic mass is 9.95. The number of rotatable bonds is 5. The number of anilines is 1. The first-order chi connectivity index (χ1) is 12.1. The van der Waals surface area contributed by atoms with Crippen LogP contribution < -0.4 is 5.32 Å². The maximum Gasteiger partial charge on any atom is 0.341 e. The topological polar surface area (TPSA) is 55.4 Å².